The van der Waals surface area contributed by atoms with E-state index in [1.807, 2.05) is 0 Å². The van der Waals surface area contributed by atoms with Gasteiger partial charge in [0.2, 0.25) is 17.7 Å². The summed E-state index contributed by atoms with van der Waals surface area (Å²) in [4.78, 5) is 37.0. The number of benzene rings is 1. The molecule has 0 bridgehead atoms. The Kier molecular flexibility index (Phi) is 4.78. The smallest absolute Gasteiger partial charge is 0.227 e. The van der Waals surface area contributed by atoms with Gasteiger partial charge in [0, 0.05) is 32.0 Å². The summed E-state index contributed by atoms with van der Waals surface area (Å²) in [5.74, 6) is -1.32. The first kappa shape index (κ1) is 16.4. The lowest BCUT2D eigenvalue weighted by atomic mass is 10.1. The van der Waals surface area contributed by atoms with E-state index < -0.39 is 11.7 Å². The zero-order valence-corrected chi connectivity index (χ0v) is 13.3. The predicted octanol–water partition coefficient (Wildman–Crippen LogP) is 0.821. The average Bonchev–Trinajstić information content (AvgIpc) is 3.35. The summed E-state index contributed by atoms with van der Waals surface area (Å²) < 4.78 is 13.8. The summed E-state index contributed by atoms with van der Waals surface area (Å²) in [5, 5.41) is 5.48. The first-order valence-electron chi connectivity index (χ1n) is 8.16. The summed E-state index contributed by atoms with van der Waals surface area (Å²) in [5.41, 5.74) is 0.203. The van der Waals surface area contributed by atoms with Gasteiger partial charge in [-0.2, -0.15) is 0 Å². The zero-order chi connectivity index (χ0) is 17.1. The van der Waals surface area contributed by atoms with Gasteiger partial charge in [-0.1, -0.05) is 12.1 Å². The molecule has 128 valence electrons. The Morgan fingerprint density at radius 3 is 2.33 bits per heavy atom. The van der Waals surface area contributed by atoms with Crippen molar-refractivity contribution < 1.29 is 18.8 Å². The highest BCUT2D eigenvalue weighted by Gasteiger charge is 2.36. The number of nitrogens with zero attached hydrogens (tertiary/aromatic N) is 1. The SMILES string of the molecule is O=C(NCCNC(=O)C1CC(=O)N(c2ccccc2F)C1)C1CC1. The molecule has 1 aromatic carbocycles. The first-order chi connectivity index (χ1) is 11.6. The van der Waals surface area contributed by atoms with Crippen molar-refractivity contribution in [2.45, 2.75) is 19.3 Å². The number of para-hydroxylation sites is 1. The van der Waals surface area contributed by atoms with Crippen LogP contribution in [-0.2, 0) is 14.4 Å². The molecule has 2 fully saturated rings. The molecule has 1 aliphatic carbocycles. The molecule has 3 rings (SSSR count). The van der Waals surface area contributed by atoms with E-state index in [2.05, 4.69) is 10.6 Å². The van der Waals surface area contributed by atoms with Gasteiger partial charge in [-0.05, 0) is 25.0 Å². The van der Waals surface area contributed by atoms with Gasteiger partial charge < -0.3 is 15.5 Å². The molecule has 7 heteroatoms. The van der Waals surface area contributed by atoms with E-state index in [4.69, 9.17) is 0 Å². The maximum Gasteiger partial charge on any atom is 0.227 e. The van der Waals surface area contributed by atoms with Crippen molar-refractivity contribution in [1.82, 2.24) is 10.6 Å². The lowest BCUT2D eigenvalue weighted by molar-refractivity contribution is -0.126. The highest BCUT2D eigenvalue weighted by Crippen LogP contribution is 2.28. The van der Waals surface area contributed by atoms with Crippen molar-refractivity contribution in [3.63, 3.8) is 0 Å². The fourth-order valence-corrected chi connectivity index (χ4v) is 2.79. The third kappa shape index (κ3) is 3.72. The average molecular weight is 333 g/mol. The second-order valence-corrected chi connectivity index (χ2v) is 6.21. The third-order valence-electron chi connectivity index (χ3n) is 4.31. The monoisotopic (exact) mass is 333 g/mol. The van der Waals surface area contributed by atoms with Crippen molar-refractivity contribution in [3.05, 3.63) is 30.1 Å². The molecule has 2 aliphatic rings. The van der Waals surface area contributed by atoms with Crippen molar-refractivity contribution in [1.29, 1.82) is 0 Å². The van der Waals surface area contributed by atoms with Crippen LogP contribution in [-0.4, -0.2) is 37.4 Å². The minimum Gasteiger partial charge on any atom is -0.354 e. The predicted molar refractivity (Wildman–Crippen MR) is 85.6 cm³/mol. The maximum atomic E-state index is 13.8. The van der Waals surface area contributed by atoms with E-state index in [-0.39, 0.29) is 42.3 Å². The Morgan fingerprint density at radius 2 is 1.71 bits per heavy atom. The molecule has 2 N–H and O–H groups in total. The van der Waals surface area contributed by atoms with E-state index in [0.29, 0.717) is 13.1 Å². The lowest BCUT2D eigenvalue weighted by Gasteiger charge is -2.17. The summed E-state index contributed by atoms with van der Waals surface area (Å²) in [6.07, 6.45) is 1.94. The van der Waals surface area contributed by atoms with Gasteiger partial charge in [-0.15, -0.1) is 0 Å². The highest BCUT2D eigenvalue weighted by molar-refractivity contribution is 6.00. The molecule has 1 unspecified atom stereocenters. The van der Waals surface area contributed by atoms with E-state index in [0.717, 1.165) is 12.8 Å². The quantitative estimate of drug-likeness (QED) is 0.757. The maximum absolute atomic E-state index is 13.8. The standard InChI is InChI=1S/C17H20FN3O3/c18-13-3-1-2-4-14(13)21-10-12(9-15(21)22)17(24)20-8-7-19-16(23)11-5-6-11/h1-4,11-12H,5-10H2,(H,19,23)(H,20,24). The Morgan fingerprint density at radius 1 is 1.08 bits per heavy atom. The second-order valence-electron chi connectivity index (χ2n) is 6.21. The molecular weight excluding hydrogens is 313 g/mol. The van der Waals surface area contributed by atoms with Crippen LogP contribution in [0.4, 0.5) is 10.1 Å². The molecule has 1 saturated carbocycles. The summed E-state index contributed by atoms with van der Waals surface area (Å²) in [6, 6.07) is 6.03. The number of nitrogens with one attached hydrogen (secondary N) is 2. The molecule has 24 heavy (non-hydrogen) atoms. The van der Waals surface area contributed by atoms with Crippen LogP contribution in [0.2, 0.25) is 0 Å². The van der Waals surface area contributed by atoms with Crippen molar-refractivity contribution in [3.8, 4) is 0 Å². The van der Waals surface area contributed by atoms with Crippen LogP contribution in [0.5, 0.6) is 0 Å². The minimum atomic E-state index is -0.503. The molecule has 3 amide bonds. The molecule has 0 spiro atoms. The number of amides is 3. The number of halogens is 1. The molecule has 1 aromatic rings. The lowest BCUT2D eigenvalue weighted by Crippen LogP contribution is -2.38. The van der Waals surface area contributed by atoms with Crippen molar-refractivity contribution in [2.24, 2.45) is 11.8 Å². The Balaban J connectivity index is 1.47. The summed E-state index contributed by atoms with van der Waals surface area (Å²) >= 11 is 0. The Labute approximate surface area is 139 Å². The van der Waals surface area contributed by atoms with Crippen molar-refractivity contribution in [2.75, 3.05) is 24.5 Å². The molecule has 1 atom stereocenters. The molecule has 1 saturated heterocycles. The van der Waals surface area contributed by atoms with Crippen LogP contribution in [0, 0.1) is 17.7 Å². The highest BCUT2D eigenvalue weighted by atomic mass is 19.1. The van der Waals surface area contributed by atoms with Gasteiger partial charge >= 0.3 is 0 Å². The molecule has 1 aliphatic heterocycles. The third-order valence-corrected chi connectivity index (χ3v) is 4.31. The Hall–Kier alpha value is -2.44. The van der Waals surface area contributed by atoms with E-state index >= 15 is 0 Å². The topological polar surface area (TPSA) is 78.5 Å². The first-order valence-corrected chi connectivity index (χ1v) is 8.16. The summed E-state index contributed by atoms with van der Waals surface area (Å²) in [7, 11) is 0. The number of hydrogen-bond donors (Lipinski definition) is 2. The van der Waals surface area contributed by atoms with Crippen LogP contribution in [0.15, 0.2) is 24.3 Å². The van der Waals surface area contributed by atoms with Crippen LogP contribution in [0.3, 0.4) is 0 Å². The largest absolute Gasteiger partial charge is 0.354 e. The number of carbonyl (C=O) groups excluding carboxylic acids is 3. The van der Waals surface area contributed by atoms with E-state index in [1.54, 1.807) is 12.1 Å². The van der Waals surface area contributed by atoms with Gasteiger partial charge in [0.05, 0.1) is 11.6 Å². The van der Waals surface area contributed by atoms with Gasteiger partial charge in [0.1, 0.15) is 5.82 Å². The molecule has 6 nitrogen and oxygen atoms in total. The molecule has 1 heterocycles. The zero-order valence-electron chi connectivity index (χ0n) is 13.3. The molecular formula is C17H20FN3O3. The van der Waals surface area contributed by atoms with Gasteiger partial charge in [-0.3, -0.25) is 14.4 Å². The van der Waals surface area contributed by atoms with Crippen LogP contribution >= 0.6 is 0 Å². The Bertz CT molecular complexity index is 660. The number of anilines is 1. The van der Waals surface area contributed by atoms with Crippen LogP contribution < -0.4 is 15.5 Å². The van der Waals surface area contributed by atoms with Gasteiger partial charge in [0.25, 0.3) is 0 Å². The summed E-state index contributed by atoms with van der Waals surface area (Å²) in [6.45, 7) is 0.862. The minimum absolute atomic E-state index is 0.0334. The molecule has 0 aromatic heterocycles. The molecule has 0 radical (unpaired) electrons. The number of rotatable bonds is 6. The van der Waals surface area contributed by atoms with Gasteiger partial charge in [-0.25, -0.2) is 4.39 Å². The fraction of sp³-hybridized carbons (Fsp3) is 0.471. The van der Waals surface area contributed by atoms with Crippen LogP contribution in [0.1, 0.15) is 19.3 Å². The van der Waals surface area contributed by atoms with Gasteiger partial charge in [0.15, 0.2) is 0 Å². The van der Waals surface area contributed by atoms with Crippen molar-refractivity contribution >= 4 is 23.4 Å². The van der Waals surface area contributed by atoms with Crippen LogP contribution in [0.25, 0.3) is 0 Å². The fourth-order valence-electron chi connectivity index (χ4n) is 2.79. The van der Waals surface area contributed by atoms with E-state index in [9.17, 15) is 18.8 Å². The normalized spacial score (nSPS) is 20.1. The second kappa shape index (κ2) is 6.98. The van der Waals surface area contributed by atoms with E-state index in [1.165, 1.54) is 17.0 Å². The number of hydrogen-bond acceptors (Lipinski definition) is 3. The number of carbonyl (C=O) groups is 3.